The number of ether oxygens (including phenoxy) is 2. The second kappa shape index (κ2) is 14.6. The Morgan fingerprint density at radius 1 is 1.02 bits per heavy atom. The zero-order valence-corrected chi connectivity index (χ0v) is 27.4. The number of benzene rings is 2. The summed E-state index contributed by atoms with van der Waals surface area (Å²) in [5, 5.41) is 12.2. The number of aromatic nitrogens is 6. The van der Waals surface area contributed by atoms with Gasteiger partial charge in [0.15, 0.2) is 5.69 Å². The maximum Gasteiger partial charge on any atom is 0.436 e. The Bertz CT molecular complexity index is 2190. The van der Waals surface area contributed by atoms with Gasteiger partial charge in [0.25, 0.3) is 5.56 Å². The number of nitrogens with zero attached hydrogens (tertiary/aromatic N) is 6. The lowest BCUT2D eigenvalue weighted by molar-refractivity contribution is -0.141. The van der Waals surface area contributed by atoms with E-state index in [9.17, 15) is 36.3 Å². The molecule has 270 valence electrons. The van der Waals surface area contributed by atoms with Crippen LogP contribution in [0.2, 0.25) is 0 Å². The van der Waals surface area contributed by atoms with Crippen molar-refractivity contribution >= 4 is 23.4 Å². The molecule has 2 amide bonds. The molecule has 0 radical (unpaired) electrons. The van der Waals surface area contributed by atoms with E-state index < -0.39 is 42.1 Å². The summed E-state index contributed by atoms with van der Waals surface area (Å²) in [7, 11) is 1.23. The average Bonchev–Trinajstić information content (AvgIpc) is 3.61. The second-order valence-corrected chi connectivity index (χ2v) is 11.8. The van der Waals surface area contributed by atoms with Crippen molar-refractivity contribution in [1.29, 1.82) is 0 Å². The average molecular weight is 725 g/mol. The van der Waals surface area contributed by atoms with Gasteiger partial charge < -0.3 is 14.8 Å². The van der Waals surface area contributed by atoms with Gasteiger partial charge in [-0.3, -0.25) is 24.5 Å². The van der Waals surface area contributed by atoms with Crippen LogP contribution < -0.4 is 20.9 Å². The number of hydrogen-bond donors (Lipinski definition) is 2. The molecule has 2 atom stereocenters. The van der Waals surface area contributed by atoms with E-state index in [1.807, 2.05) is 0 Å². The summed E-state index contributed by atoms with van der Waals surface area (Å²) in [6, 6.07) is 12.3. The van der Waals surface area contributed by atoms with Gasteiger partial charge >= 0.3 is 18.9 Å². The predicted molar refractivity (Wildman–Crippen MR) is 176 cm³/mol. The molecule has 13 nitrogen and oxygen atoms in total. The van der Waals surface area contributed by atoms with Gasteiger partial charge in [0.1, 0.15) is 5.75 Å². The fourth-order valence-electron chi connectivity index (χ4n) is 5.78. The van der Waals surface area contributed by atoms with Crippen LogP contribution in [0, 0.1) is 5.92 Å². The van der Waals surface area contributed by atoms with Crippen LogP contribution in [-0.4, -0.2) is 55.3 Å². The number of carbonyl (C=O) groups is 2. The van der Waals surface area contributed by atoms with Crippen molar-refractivity contribution in [2.75, 3.05) is 17.7 Å². The Morgan fingerprint density at radius 2 is 1.83 bits per heavy atom. The molecule has 18 heteroatoms. The highest BCUT2D eigenvalue weighted by molar-refractivity contribution is 5.98. The van der Waals surface area contributed by atoms with Gasteiger partial charge in [-0.2, -0.15) is 22.0 Å². The van der Waals surface area contributed by atoms with Crippen LogP contribution in [0.15, 0.2) is 78.1 Å². The minimum Gasteiger partial charge on any atom is -0.453 e. The van der Waals surface area contributed by atoms with E-state index >= 15 is 0 Å². The van der Waals surface area contributed by atoms with Gasteiger partial charge in [0, 0.05) is 35.0 Å². The largest absolute Gasteiger partial charge is 0.453 e. The van der Waals surface area contributed by atoms with Gasteiger partial charge in [-0.15, -0.1) is 5.10 Å². The fraction of sp³-hybridized carbons (Fsp3) is 0.265. The van der Waals surface area contributed by atoms with E-state index in [2.05, 4.69) is 40.4 Å². The van der Waals surface area contributed by atoms with Crippen molar-refractivity contribution in [3.8, 4) is 33.8 Å². The lowest BCUT2D eigenvalue weighted by Crippen LogP contribution is -2.27. The van der Waals surface area contributed by atoms with Gasteiger partial charge in [-0.25, -0.2) is 14.5 Å². The Balaban J connectivity index is 1.42. The first kappa shape index (κ1) is 35.6. The molecule has 0 saturated heterocycles. The van der Waals surface area contributed by atoms with Crippen molar-refractivity contribution in [2.45, 2.75) is 45.0 Å². The minimum atomic E-state index is -4.80. The Kier molecular flexibility index (Phi) is 9.98. The molecule has 0 spiro atoms. The molecule has 5 aromatic rings. The molecular formula is C34H29F5N8O5. The molecule has 3 aromatic heterocycles. The standard InChI is InChI=1S/C34H29F5N8O5/c1-18-4-3-5-28(26-12-19(10-11-40-26)22-8-6-20(42-33(50)51-2)13-25(22)43-31(18)49)46-17-41-24(15-30(46)48)23-14-21(52-32(35)36)7-9-27(23)47-16-29(44-45-47)34(37,38)39/h6-18,28,32H,3-5H2,1-2H3,(H,42,50)(H,43,49)/t18-,28+/m1/s1. The number of pyridine rings is 1. The highest BCUT2D eigenvalue weighted by Gasteiger charge is 2.35. The number of methoxy groups -OCH3 is 1. The first-order valence-electron chi connectivity index (χ1n) is 15.7. The highest BCUT2D eigenvalue weighted by Crippen LogP contribution is 2.36. The summed E-state index contributed by atoms with van der Waals surface area (Å²) in [4.78, 5) is 47.9. The maximum absolute atomic E-state index is 13.8. The van der Waals surface area contributed by atoms with Crippen molar-refractivity contribution in [3.05, 3.63) is 95.1 Å². The first-order valence-corrected chi connectivity index (χ1v) is 15.7. The molecular weight excluding hydrogens is 695 g/mol. The van der Waals surface area contributed by atoms with Crippen molar-refractivity contribution in [3.63, 3.8) is 0 Å². The lowest BCUT2D eigenvalue weighted by atomic mass is 9.95. The molecule has 52 heavy (non-hydrogen) atoms. The summed E-state index contributed by atoms with van der Waals surface area (Å²) >= 11 is 0. The molecule has 0 aliphatic carbocycles. The monoisotopic (exact) mass is 724 g/mol. The van der Waals surface area contributed by atoms with Crippen LogP contribution in [-0.2, 0) is 15.7 Å². The van der Waals surface area contributed by atoms with Gasteiger partial charge in [-0.1, -0.05) is 24.6 Å². The molecule has 1 aliphatic heterocycles. The topological polar surface area (TPSA) is 155 Å². The summed E-state index contributed by atoms with van der Waals surface area (Å²) < 4.78 is 77.4. The third-order valence-corrected chi connectivity index (χ3v) is 8.38. The summed E-state index contributed by atoms with van der Waals surface area (Å²) in [6.45, 7) is -1.44. The van der Waals surface area contributed by atoms with Crippen molar-refractivity contribution in [2.24, 2.45) is 5.92 Å². The zero-order chi connectivity index (χ0) is 37.2. The normalized spacial score (nSPS) is 16.3. The number of rotatable bonds is 6. The van der Waals surface area contributed by atoms with Gasteiger partial charge in [0.05, 0.1) is 48.4 Å². The number of hydrogen-bond acceptors (Lipinski definition) is 9. The summed E-state index contributed by atoms with van der Waals surface area (Å²) in [6.07, 6.45) is -0.783. The van der Waals surface area contributed by atoms with E-state index in [0.29, 0.717) is 53.7 Å². The third-order valence-electron chi connectivity index (χ3n) is 8.38. The van der Waals surface area contributed by atoms with E-state index in [-0.39, 0.29) is 28.6 Å². The molecule has 1 aliphatic rings. The molecule has 0 unspecified atom stereocenters. The summed E-state index contributed by atoms with van der Waals surface area (Å²) in [5.41, 5.74) is 0.549. The Morgan fingerprint density at radius 3 is 2.54 bits per heavy atom. The zero-order valence-electron chi connectivity index (χ0n) is 27.4. The van der Waals surface area contributed by atoms with E-state index in [1.54, 1.807) is 43.5 Å². The van der Waals surface area contributed by atoms with Crippen molar-refractivity contribution in [1.82, 2.24) is 29.5 Å². The molecule has 4 heterocycles. The van der Waals surface area contributed by atoms with Gasteiger partial charge in [-0.05, 0) is 60.9 Å². The first-order chi connectivity index (χ1) is 24.8. The number of carbonyl (C=O) groups excluding carboxylic acids is 2. The number of alkyl halides is 5. The molecule has 0 fully saturated rings. The SMILES string of the molecule is COC(=O)Nc1ccc2c(c1)NC(=O)[C@H](C)CCC[C@H](n1cnc(-c3cc(OC(F)F)ccc3-n3cc(C(F)(F)F)nn3)cc1=O)c1cc-2ccn1. The van der Waals surface area contributed by atoms with Crippen LogP contribution in [0.4, 0.5) is 38.1 Å². The molecule has 6 rings (SSSR count). The minimum absolute atomic E-state index is 0.0302. The Hall–Kier alpha value is -6.20. The summed E-state index contributed by atoms with van der Waals surface area (Å²) in [5.74, 6) is -1.03. The number of halogens is 5. The second-order valence-electron chi connectivity index (χ2n) is 11.8. The molecule has 2 aromatic carbocycles. The quantitative estimate of drug-likeness (QED) is 0.182. The van der Waals surface area contributed by atoms with E-state index in [0.717, 1.165) is 22.9 Å². The maximum atomic E-state index is 13.8. The van der Waals surface area contributed by atoms with Crippen LogP contribution >= 0.6 is 0 Å². The molecule has 2 N–H and O–H groups in total. The lowest BCUT2D eigenvalue weighted by Gasteiger charge is -2.23. The highest BCUT2D eigenvalue weighted by atomic mass is 19.4. The van der Waals surface area contributed by atoms with Crippen LogP contribution in [0.5, 0.6) is 5.75 Å². The van der Waals surface area contributed by atoms with Crippen molar-refractivity contribution < 1.29 is 41.0 Å². The predicted octanol–water partition coefficient (Wildman–Crippen LogP) is 6.70. The third kappa shape index (κ3) is 7.74. The number of anilines is 2. The Labute approximate surface area is 291 Å². The van der Waals surface area contributed by atoms with E-state index in [4.69, 9.17) is 0 Å². The van der Waals surface area contributed by atoms with Crippen LogP contribution in [0.1, 0.15) is 43.6 Å². The fourth-order valence-corrected chi connectivity index (χ4v) is 5.78. The number of nitrogens with one attached hydrogen (secondary N) is 2. The van der Waals surface area contributed by atoms with E-state index in [1.165, 1.54) is 24.1 Å². The molecule has 0 saturated carbocycles. The smallest absolute Gasteiger partial charge is 0.436 e. The van der Waals surface area contributed by atoms with Crippen LogP contribution in [0.3, 0.4) is 0 Å². The number of amides is 2. The molecule has 2 bridgehead atoms. The number of fused-ring (bicyclic) bond motifs is 4. The van der Waals surface area contributed by atoms with Crippen LogP contribution in [0.25, 0.3) is 28.1 Å². The van der Waals surface area contributed by atoms with Gasteiger partial charge in [0.2, 0.25) is 5.91 Å².